The first kappa shape index (κ1) is 27.8. The van der Waals surface area contributed by atoms with E-state index in [9.17, 15) is 18.0 Å². The van der Waals surface area contributed by atoms with Gasteiger partial charge in [0.15, 0.2) is 11.6 Å². The third-order valence-electron chi connectivity index (χ3n) is 5.59. The summed E-state index contributed by atoms with van der Waals surface area (Å²) in [4.78, 5) is 39.2. The number of hydrogen-bond acceptors (Lipinski definition) is 8. The number of aryl methyl sites for hydroxylation is 1. The van der Waals surface area contributed by atoms with Gasteiger partial charge in [-0.2, -0.15) is 22.8 Å². The summed E-state index contributed by atoms with van der Waals surface area (Å²) in [5, 5.41) is 6.83. The van der Waals surface area contributed by atoms with Gasteiger partial charge < -0.3 is 15.0 Å². The number of anilines is 2. The average molecular weight is 521 g/mol. The number of carbonyl (C=O) groups excluding carboxylic acids is 3. The fraction of sp³-hybridized carbons (Fsp3) is 0.458. The first-order chi connectivity index (χ1) is 17.3. The molecule has 4 rings (SSSR count). The lowest BCUT2D eigenvalue weighted by molar-refractivity contribution is -0.191. The Kier molecular flexibility index (Phi) is 7.99. The SMILES string of the molecule is Cc1cc2c(N3CCOC[C@@H]3C)nc(-c3cnc(NC(=O)C(C)(C)C)cc3C(F)(F)F)nn2c1.O=C=O. The number of alkyl halides is 3. The van der Waals surface area contributed by atoms with Crippen LogP contribution in [0, 0.1) is 12.3 Å². The van der Waals surface area contributed by atoms with Crippen LogP contribution in [0.3, 0.4) is 0 Å². The molecule has 37 heavy (non-hydrogen) atoms. The second-order valence-corrected chi connectivity index (χ2v) is 9.62. The number of carbonyl (C=O) groups is 1. The Morgan fingerprint density at radius 2 is 1.89 bits per heavy atom. The molecule has 0 bridgehead atoms. The predicted octanol–water partition coefficient (Wildman–Crippen LogP) is 3.74. The van der Waals surface area contributed by atoms with E-state index in [1.165, 1.54) is 0 Å². The van der Waals surface area contributed by atoms with Crippen LogP contribution in [0.1, 0.15) is 38.8 Å². The van der Waals surface area contributed by atoms with Gasteiger partial charge in [-0.05, 0) is 31.5 Å². The number of pyridine rings is 1. The number of morpholine rings is 1. The van der Waals surface area contributed by atoms with Gasteiger partial charge in [0.1, 0.15) is 11.3 Å². The van der Waals surface area contributed by atoms with Gasteiger partial charge in [0, 0.05) is 24.4 Å². The molecule has 1 N–H and O–H groups in total. The largest absolute Gasteiger partial charge is 0.417 e. The van der Waals surface area contributed by atoms with Crippen LogP contribution in [-0.2, 0) is 25.3 Å². The molecule has 0 aliphatic carbocycles. The van der Waals surface area contributed by atoms with Crippen molar-refractivity contribution in [2.24, 2.45) is 5.41 Å². The summed E-state index contributed by atoms with van der Waals surface area (Å²) >= 11 is 0. The van der Waals surface area contributed by atoms with Crippen molar-refractivity contribution in [2.45, 2.75) is 46.8 Å². The highest BCUT2D eigenvalue weighted by atomic mass is 19.4. The van der Waals surface area contributed by atoms with Crippen molar-refractivity contribution < 1.29 is 32.3 Å². The summed E-state index contributed by atoms with van der Waals surface area (Å²) in [5.74, 6) is -0.196. The molecule has 3 aromatic heterocycles. The van der Waals surface area contributed by atoms with Crippen LogP contribution in [0.5, 0.6) is 0 Å². The molecule has 0 aromatic carbocycles. The Hall–Kier alpha value is -3.83. The minimum atomic E-state index is -4.71. The highest BCUT2D eigenvalue weighted by molar-refractivity contribution is 5.94. The molecule has 0 spiro atoms. The average Bonchev–Trinajstić information content (AvgIpc) is 3.18. The molecule has 1 fully saturated rings. The number of nitrogens with one attached hydrogen (secondary N) is 1. The lowest BCUT2D eigenvalue weighted by Crippen LogP contribution is -2.44. The van der Waals surface area contributed by atoms with Crippen LogP contribution >= 0.6 is 0 Å². The fourth-order valence-corrected chi connectivity index (χ4v) is 3.72. The Balaban J connectivity index is 0.00000121. The van der Waals surface area contributed by atoms with Crippen LogP contribution in [0.2, 0.25) is 0 Å². The van der Waals surface area contributed by atoms with Crippen LogP contribution in [0.25, 0.3) is 16.9 Å². The van der Waals surface area contributed by atoms with E-state index in [2.05, 4.69) is 20.4 Å². The zero-order chi connectivity index (χ0) is 27.5. The molecule has 0 unspecified atom stereocenters. The van der Waals surface area contributed by atoms with Gasteiger partial charge in [-0.3, -0.25) is 4.79 Å². The highest BCUT2D eigenvalue weighted by Crippen LogP contribution is 2.38. The Morgan fingerprint density at radius 1 is 1.22 bits per heavy atom. The smallest absolute Gasteiger partial charge is 0.377 e. The molecular weight excluding hydrogens is 493 g/mol. The quantitative estimate of drug-likeness (QED) is 0.555. The maximum absolute atomic E-state index is 14.1. The second kappa shape index (κ2) is 10.7. The number of hydrogen-bond donors (Lipinski definition) is 1. The Bertz CT molecular complexity index is 1330. The highest BCUT2D eigenvalue weighted by Gasteiger charge is 2.36. The van der Waals surface area contributed by atoms with E-state index in [4.69, 9.17) is 14.3 Å². The first-order valence-electron chi connectivity index (χ1n) is 11.4. The Labute approximate surface area is 210 Å². The molecule has 198 valence electrons. The normalized spacial score (nSPS) is 16.1. The maximum Gasteiger partial charge on any atom is 0.417 e. The topological polar surface area (TPSA) is 119 Å². The molecular formula is C24H27F3N6O4. The zero-order valence-corrected chi connectivity index (χ0v) is 21.0. The van der Waals surface area contributed by atoms with Crippen molar-refractivity contribution in [3.8, 4) is 11.4 Å². The van der Waals surface area contributed by atoms with Crippen LogP contribution in [0.15, 0.2) is 24.5 Å². The van der Waals surface area contributed by atoms with Crippen molar-refractivity contribution in [3.63, 3.8) is 0 Å². The molecule has 4 heterocycles. The minimum absolute atomic E-state index is 0.00861. The number of nitrogens with zero attached hydrogens (tertiary/aromatic N) is 5. The van der Waals surface area contributed by atoms with E-state index in [-0.39, 0.29) is 29.4 Å². The zero-order valence-electron chi connectivity index (χ0n) is 21.0. The molecule has 1 aliphatic rings. The molecule has 1 saturated heterocycles. The summed E-state index contributed by atoms with van der Waals surface area (Å²) in [6.07, 6.45) is -1.66. The number of ether oxygens (including phenoxy) is 1. The van der Waals surface area contributed by atoms with Gasteiger partial charge in [0.05, 0.1) is 30.4 Å². The maximum atomic E-state index is 14.1. The van der Waals surface area contributed by atoms with Crippen LogP contribution in [-0.4, -0.2) is 57.4 Å². The van der Waals surface area contributed by atoms with Crippen molar-refractivity contribution in [1.82, 2.24) is 19.6 Å². The third-order valence-corrected chi connectivity index (χ3v) is 5.59. The lowest BCUT2D eigenvalue weighted by atomic mass is 9.96. The number of halogens is 3. The van der Waals surface area contributed by atoms with Crippen LogP contribution < -0.4 is 10.2 Å². The van der Waals surface area contributed by atoms with E-state index >= 15 is 0 Å². The van der Waals surface area contributed by atoms with E-state index in [1.807, 2.05) is 24.8 Å². The van der Waals surface area contributed by atoms with Crippen molar-refractivity contribution >= 4 is 29.2 Å². The molecule has 1 aliphatic heterocycles. The van der Waals surface area contributed by atoms with Gasteiger partial charge in [0.2, 0.25) is 5.91 Å². The van der Waals surface area contributed by atoms with E-state index < -0.39 is 23.1 Å². The molecule has 0 saturated carbocycles. The number of amides is 1. The second-order valence-electron chi connectivity index (χ2n) is 9.62. The summed E-state index contributed by atoms with van der Waals surface area (Å²) in [5.41, 5.74) is -0.427. The molecule has 3 aromatic rings. The predicted molar refractivity (Wildman–Crippen MR) is 127 cm³/mol. The van der Waals surface area contributed by atoms with Crippen molar-refractivity contribution in [3.05, 3.63) is 35.7 Å². The standard InChI is InChI=1S/C23H27F3N6O2.CO2/c1-13-8-17-20(31-6-7-34-12-14(31)2)29-19(30-32(17)11-13)15-10-27-18(9-16(15)23(24,25)26)28-21(33)22(3,4)5;2-1-3/h8-11,14H,6-7,12H2,1-5H3,(H,27,28,33);/t14-;/m0./s1. The summed E-state index contributed by atoms with van der Waals surface area (Å²) in [6.45, 7) is 10.4. The van der Waals surface area contributed by atoms with Gasteiger partial charge in [0.25, 0.3) is 0 Å². The molecule has 1 amide bonds. The van der Waals surface area contributed by atoms with Crippen LogP contribution in [0.4, 0.5) is 24.8 Å². The minimum Gasteiger partial charge on any atom is -0.377 e. The van der Waals surface area contributed by atoms with Gasteiger partial charge in [-0.1, -0.05) is 20.8 Å². The van der Waals surface area contributed by atoms with E-state index in [0.717, 1.165) is 17.8 Å². The monoisotopic (exact) mass is 520 g/mol. The number of fused-ring (bicyclic) bond motifs is 1. The fourth-order valence-electron chi connectivity index (χ4n) is 3.72. The van der Waals surface area contributed by atoms with Crippen molar-refractivity contribution in [1.29, 1.82) is 0 Å². The van der Waals surface area contributed by atoms with Gasteiger partial charge in [-0.25, -0.2) is 14.5 Å². The molecule has 10 nitrogen and oxygen atoms in total. The van der Waals surface area contributed by atoms with Gasteiger partial charge in [-0.15, -0.1) is 5.10 Å². The lowest BCUT2D eigenvalue weighted by Gasteiger charge is -2.34. The van der Waals surface area contributed by atoms with Gasteiger partial charge >= 0.3 is 12.3 Å². The molecule has 13 heteroatoms. The molecule has 1 atom stereocenters. The summed E-state index contributed by atoms with van der Waals surface area (Å²) in [7, 11) is 0. The first-order valence-corrected chi connectivity index (χ1v) is 11.4. The van der Waals surface area contributed by atoms with Crippen molar-refractivity contribution in [2.75, 3.05) is 30.0 Å². The van der Waals surface area contributed by atoms with E-state index in [1.54, 1.807) is 31.5 Å². The third kappa shape index (κ3) is 6.30. The number of aromatic nitrogens is 4. The number of rotatable bonds is 3. The molecule has 0 radical (unpaired) electrons. The summed E-state index contributed by atoms with van der Waals surface area (Å²) in [6, 6.07) is 2.71. The van der Waals surface area contributed by atoms with E-state index in [0.29, 0.717) is 31.1 Å². The Morgan fingerprint density at radius 3 is 2.49 bits per heavy atom. The summed E-state index contributed by atoms with van der Waals surface area (Å²) < 4.78 is 49.3.